The molecule has 0 unspecified atom stereocenters. The third kappa shape index (κ3) is 2.27. The minimum absolute atomic E-state index is 0.123. The fourth-order valence-corrected chi connectivity index (χ4v) is 0.677. The second kappa shape index (κ2) is 3.68. The minimum Gasteiger partial charge on any atom is -0.417 e. The molecule has 0 aromatic heterocycles. The molecule has 0 atom stereocenters. The van der Waals surface area contributed by atoms with Gasteiger partial charge >= 0.3 is 5.97 Å². The van der Waals surface area contributed by atoms with Crippen molar-refractivity contribution in [3.8, 4) is 18.1 Å². The molecule has 0 aliphatic heterocycles. The molecule has 13 heavy (non-hydrogen) atoms. The van der Waals surface area contributed by atoms with Gasteiger partial charge in [0.15, 0.2) is 11.6 Å². The van der Waals surface area contributed by atoms with Crippen LogP contribution < -0.4 is 4.74 Å². The first-order chi connectivity index (χ1) is 6.13. The predicted octanol–water partition coefficient (Wildman–Crippen LogP) is 1.50. The van der Waals surface area contributed by atoms with Crippen molar-refractivity contribution in [2.75, 3.05) is 0 Å². The van der Waals surface area contributed by atoms with Crippen molar-refractivity contribution in [2.45, 2.75) is 0 Å². The van der Waals surface area contributed by atoms with Crippen LogP contribution in [0.5, 0.6) is 5.75 Å². The van der Waals surface area contributed by atoms with Crippen molar-refractivity contribution in [1.82, 2.24) is 0 Å². The summed E-state index contributed by atoms with van der Waals surface area (Å²) in [5, 5.41) is 0. The summed E-state index contributed by atoms with van der Waals surface area (Å²) >= 11 is 0. The van der Waals surface area contributed by atoms with Gasteiger partial charge in [0, 0.05) is 12.0 Å². The highest BCUT2D eigenvalue weighted by atomic mass is 19.2. The lowest BCUT2D eigenvalue weighted by Crippen LogP contribution is -2.04. The van der Waals surface area contributed by atoms with Gasteiger partial charge in [-0.05, 0) is 12.1 Å². The van der Waals surface area contributed by atoms with E-state index in [0.717, 1.165) is 18.2 Å². The zero-order valence-corrected chi connectivity index (χ0v) is 6.38. The lowest BCUT2D eigenvalue weighted by Gasteiger charge is -1.99. The van der Waals surface area contributed by atoms with Crippen LogP contribution in [0.1, 0.15) is 0 Å². The van der Waals surface area contributed by atoms with Crippen molar-refractivity contribution in [1.29, 1.82) is 0 Å². The van der Waals surface area contributed by atoms with E-state index in [1.165, 1.54) is 0 Å². The van der Waals surface area contributed by atoms with E-state index < -0.39 is 17.6 Å². The Morgan fingerprint density at radius 1 is 1.38 bits per heavy atom. The third-order valence-corrected chi connectivity index (χ3v) is 1.22. The van der Waals surface area contributed by atoms with Crippen molar-refractivity contribution < 1.29 is 18.3 Å². The number of esters is 1. The van der Waals surface area contributed by atoms with Crippen LogP contribution >= 0.6 is 0 Å². The molecule has 0 saturated carbocycles. The van der Waals surface area contributed by atoms with E-state index >= 15 is 0 Å². The van der Waals surface area contributed by atoms with Crippen molar-refractivity contribution in [3.63, 3.8) is 0 Å². The Bertz CT molecular complexity index is 380. The summed E-state index contributed by atoms with van der Waals surface area (Å²) in [6, 6.07) is 2.69. The minimum atomic E-state index is -1.10. The molecule has 1 rings (SSSR count). The van der Waals surface area contributed by atoms with Gasteiger partial charge in [-0.1, -0.05) is 0 Å². The van der Waals surface area contributed by atoms with Gasteiger partial charge in [0.25, 0.3) is 0 Å². The van der Waals surface area contributed by atoms with E-state index in [1.807, 2.05) is 0 Å². The Kier molecular flexibility index (Phi) is 2.60. The van der Waals surface area contributed by atoms with Gasteiger partial charge in [0.05, 0.1) is 0 Å². The molecule has 2 nitrogen and oxygen atoms in total. The maximum atomic E-state index is 12.5. The zero-order chi connectivity index (χ0) is 9.84. The summed E-state index contributed by atoms with van der Waals surface area (Å²) in [6.07, 6.45) is 4.70. The number of carbonyl (C=O) groups excluding carboxylic acids is 1. The SMILES string of the molecule is C#CC(=O)Oc1ccc(F)c(F)c1. The Morgan fingerprint density at radius 3 is 2.62 bits per heavy atom. The first-order valence-electron chi connectivity index (χ1n) is 3.27. The molecule has 0 spiro atoms. The molecule has 66 valence electrons. The molecule has 0 amide bonds. The van der Waals surface area contributed by atoms with Crippen LogP contribution in [0.4, 0.5) is 8.78 Å². The average Bonchev–Trinajstić information content (AvgIpc) is 2.11. The van der Waals surface area contributed by atoms with Crippen molar-refractivity contribution in [3.05, 3.63) is 29.8 Å². The number of hydrogen-bond acceptors (Lipinski definition) is 2. The van der Waals surface area contributed by atoms with Crippen LogP contribution in [0, 0.1) is 24.0 Å². The van der Waals surface area contributed by atoms with Crippen LogP contribution in [-0.2, 0) is 4.79 Å². The third-order valence-electron chi connectivity index (χ3n) is 1.22. The van der Waals surface area contributed by atoms with E-state index in [0.29, 0.717) is 0 Å². The number of carbonyl (C=O) groups is 1. The molecule has 1 aromatic rings. The first kappa shape index (κ1) is 9.20. The fraction of sp³-hybridized carbons (Fsp3) is 0. The molecule has 0 heterocycles. The summed E-state index contributed by atoms with van der Waals surface area (Å²) in [5.74, 6) is -1.51. The van der Waals surface area contributed by atoms with Gasteiger partial charge in [0.2, 0.25) is 0 Å². The zero-order valence-electron chi connectivity index (χ0n) is 6.38. The van der Waals surface area contributed by atoms with Crippen LogP contribution in [0.2, 0.25) is 0 Å². The molecular weight excluding hydrogens is 178 g/mol. The number of benzene rings is 1. The number of rotatable bonds is 1. The topological polar surface area (TPSA) is 26.3 Å². The fourth-order valence-electron chi connectivity index (χ4n) is 0.677. The average molecular weight is 182 g/mol. The lowest BCUT2D eigenvalue weighted by atomic mass is 10.3. The van der Waals surface area contributed by atoms with Gasteiger partial charge in [-0.15, -0.1) is 6.42 Å². The summed E-state index contributed by atoms with van der Waals surface area (Å²) in [7, 11) is 0. The molecule has 1 aromatic carbocycles. The van der Waals surface area contributed by atoms with E-state index in [1.54, 1.807) is 5.92 Å². The maximum Gasteiger partial charge on any atom is 0.389 e. The maximum absolute atomic E-state index is 12.5. The largest absolute Gasteiger partial charge is 0.417 e. The van der Waals surface area contributed by atoms with Gasteiger partial charge in [0.1, 0.15) is 5.75 Å². The highest BCUT2D eigenvalue weighted by molar-refractivity contribution is 5.89. The number of terminal acetylenes is 1. The lowest BCUT2D eigenvalue weighted by molar-refractivity contribution is -0.128. The molecule has 0 N–H and O–H groups in total. The van der Waals surface area contributed by atoms with Crippen molar-refractivity contribution in [2.24, 2.45) is 0 Å². The van der Waals surface area contributed by atoms with E-state index in [-0.39, 0.29) is 5.75 Å². The molecule has 0 saturated heterocycles. The van der Waals surface area contributed by atoms with Crippen LogP contribution in [0.25, 0.3) is 0 Å². The standard InChI is InChI=1S/C9H4F2O2/c1-2-9(12)13-6-3-4-7(10)8(11)5-6/h1,3-5H. The van der Waals surface area contributed by atoms with Gasteiger partial charge in [-0.2, -0.15) is 0 Å². The quantitative estimate of drug-likeness (QED) is 0.285. The molecule has 4 heteroatoms. The highest BCUT2D eigenvalue weighted by Gasteiger charge is 2.05. The Labute approximate surface area is 73.1 Å². The molecular formula is C9H4F2O2. The Morgan fingerprint density at radius 2 is 2.08 bits per heavy atom. The van der Waals surface area contributed by atoms with Crippen molar-refractivity contribution >= 4 is 5.97 Å². The summed E-state index contributed by atoms with van der Waals surface area (Å²) in [6.45, 7) is 0. The van der Waals surface area contributed by atoms with E-state index in [2.05, 4.69) is 4.74 Å². The second-order valence-electron chi connectivity index (χ2n) is 2.11. The van der Waals surface area contributed by atoms with E-state index in [4.69, 9.17) is 6.42 Å². The number of ether oxygens (including phenoxy) is 1. The van der Waals surface area contributed by atoms with Crippen LogP contribution in [0.3, 0.4) is 0 Å². The Balaban J connectivity index is 2.87. The van der Waals surface area contributed by atoms with Gasteiger partial charge in [-0.25, -0.2) is 13.6 Å². The molecule has 0 fully saturated rings. The predicted molar refractivity (Wildman–Crippen MR) is 40.8 cm³/mol. The number of halogens is 2. The second-order valence-corrected chi connectivity index (χ2v) is 2.11. The molecule has 0 bridgehead atoms. The van der Waals surface area contributed by atoms with Crippen LogP contribution in [-0.4, -0.2) is 5.97 Å². The normalized spacial score (nSPS) is 9.00. The van der Waals surface area contributed by atoms with Gasteiger partial charge in [-0.3, -0.25) is 0 Å². The van der Waals surface area contributed by atoms with Crippen LogP contribution in [0.15, 0.2) is 18.2 Å². The molecule has 0 radical (unpaired) electrons. The molecule has 0 aliphatic carbocycles. The first-order valence-corrected chi connectivity index (χ1v) is 3.27. The monoisotopic (exact) mass is 182 g/mol. The summed E-state index contributed by atoms with van der Waals surface area (Å²) < 4.78 is 29.3. The smallest absolute Gasteiger partial charge is 0.389 e. The summed E-state index contributed by atoms with van der Waals surface area (Å²) in [5.41, 5.74) is 0. The number of hydrogen-bond donors (Lipinski definition) is 0. The summed E-state index contributed by atoms with van der Waals surface area (Å²) in [4.78, 5) is 10.5. The molecule has 0 aliphatic rings. The highest BCUT2D eigenvalue weighted by Crippen LogP contribution is 2.15. The van der Waals surface area contributed by atoms with Gasteiger partial charge < -0.3 is 4.74 Å². The Hall–Kier alpha value is -1.89. The van der Waals surface area contributed by atoms with E-state index in [9.17, 15) is 13.6 Å².